The zero-order valence-corrected chi connectivity index (χ0v) is 24.3. The van der Waals surface area contributed by atoms with E-state index in [1.54, 1.807) is 30.1 Å². The number of likely N-dealkylation sites (tertiary alicyclic amines) is 1. The standard InChI is InChI=1S/C33H37N3O7/c1-3-23(19-37)36-29-31(40)35(24-14-13-21-9-4-5-10-22(21)17-24)16-8-15-33(29)28(30(36)39)27-25(43-33)11-6-7-12-26(38)34-18-20(2)42-32(27)41/h4-6,8-11,13-15,17,20,23,25,27-29,37H,3,7,12,16,18-19H2,1-2H3,(H,34,38)/b11-6-/t20-,23+,25-,27+,28+,29-,33+/m1/s1. The quantitative estimate of drug-likeness (QED) is 0.416. The number of amides is 3. The zero-order valence-electron chi connectivity index (χ0n) is 24.3. The molecule has 0 unspecified atom stereocenters. The Kier molecular flexibility index (Phi) is 7.83. The number of anilines is 1. The number of ether oxygens (including phenoxy) is 2. The summed E-state index contributed by atoms with van der Waals surface area (Å²) in [6.45, 7) is 3.57. The molecule has 3 amide bonds. The molecule has 0 bridgehead atoms. The van der Waals surface area contributed by atoms with Gasteiger partial charge in [0, 0.05) is 18.7 Å². The van der Waals surface area contributed by atoms with E-state index in [-0.39, 0.29) is 37.9 Å². The first-order valence-electron chi connectivity index (χ1n) is 15.0. The molecule has 226 valence electrons. The number of allylic oxidation sites excluding steroid dienone is 1. The minimum Gasteiger partial charge on any atom is -0.460 e. The highest BCUT2D eigenvalue weighted by molar-refractivity contribution is 6.06. The van der Waals surface area contributed by atoms with Gasteiger partial charge in [-0.3, -0.25) is 19.2 Å². The first-order chi connectivity index (χ1) is 20.8. The van der Waals surface area contributed by atoms with Gasteiger partial charge in [0.1, 0.15) is 23.7 Å². The number of nitrogens with one attached hydrogen (secondary N) is 1. The summed E-state index contributed by atoms with van der Waals surface area (Å²) in [4.78, 5) is 58.1. The Morgan fingerprint density at radius 1 is 1.07 bits per heavy atom. The second-order valence-electron chi connectivity index (χ2n) is 11.7. The molecule has 0 aliphatic carbocycles. The van der Waals surface area contributed by atoms with Crippen molar-refractivity contribution in [1.82, 2.24) is 10.2 Å². The SMILES string of the molecule is CC[C@@H](CO)N1C(=O)[C@@H]2[C@H]3C(=O)O[C@H](C)CNC(=O)CC/C=C\[C@H]3O[C@@]23C=CCN(c2ccc4ccccc4c2)C(=O)[C@@H]13. The van der Waals surface area contributed by atoms with Crippen molar-refractivity contribution in [2.45, 2.75) is 63.0 Å². The molecule has 2 saturated heterocycles. The molecule has 6 rings (SSSR count). The van der Waals surface area contributed by atoms with Crippen LogP contribution in [0.15, 0.2) is 66.8 Å². The number of esters is 1. The fourth-order valence-corrected chi connectivity index (χ4v) is 6.99. The molecule has 2 aromatic rings. The minimum absolute atomic E-state index is 0.145. The number of carbonyl (C=O) groups is 4. The average Bonchev–Trinajstić information content (AvgIpc) is 3.39. The van der Waals surface area contributed by atoms with Gasteiger partial charge in [0.05, 0.1) is 31.2 Å². The lowest BCUT2D eigenvalue weighted by Gasteiger charge is -2.38. The van der Waals surface area contributed by atoms with Gasteiger partial charge < -0.3 is 29.7 Å². The van der Waals surface area contributed by atoms with Crippen molar-refractivity contribution in [1.29, 1.82) is 0 Å². The van der Waals surface area contributed by atoms with Crippen molar-refractivity contribution in [3.8, 4) is 0 Å². The van der Waals surface area contributed by atoms with Crippen molar-refractivity contribution in [2.75, 3.05) is 24.6 Å². The summed E-state index contributed by atoms with van der Waals surface area (Å²) in [7, 11) is 0. The molecule has 7 atom stereocenters. The first kappa shape index (κ1) is 29.1. The molecular weight excluding hydrogens is 550 g/mol. The van der Waals surface area contributed by atoms with E-state index in [4.69, 9.17) is 9.47 Å². The molecule has 10 nitrogen and oxygen atoms in total. The van der Waals surface area contributed by atoms with E-state index in [2.05, 4.69) is 5.32 Å². The van der Waals surface area contributed by atoms with Crippen LogP contribution in [0.3, 0.4) is 0 Å². The van der Waals surface area contributed by atoms with E-state index < -0.39 is 53.6 Å². The van der Waals surface area contributed by atoms with E-state index >= 15 is 0 Å². The molecule has 0 aromatic heterocycles. The molecule has 2 aromatic carbocycles. The normalized spacial score (nSPS) is 32.6. The maximum absolute atomic E-state index is 14.7. The number of hydrogen-bond donors (Lipinski definition) is 2. The van der Waals surface area contributed by atoms with Crippen LogP contribution in [0.4, 0.5) is 5.69 Å². The van der Waals surface area contributed by atoms with Crippen molar-refractivity contribution >= 4 is 40.2 Å². The Bertz CT molecular complexity index is 1500. The number of hydrogen-bond acceptors (Lipinski definition) is 7. The topological polar surface area (TPSA) is 125 Å². The maximum atomic E-state index is 14.7. The average molecular weight is 588 g/mol. The molecular formula is C33H37N3O7. The Balaban J connectivity index is 1.45. The number of aliphatic hydroxyl groups excluding tert-OH is 1. The Morgan fingerprint density at radius 2 is 1.86 bits per heavy atom. The first-order valence-corrected chi connectivity index (χ1v) is 15.0. The van der Waals surface area contributed by atoms with Crippen LogP contribution < -0.4 is 10.2 Å². The van der Waals surface area contributed by atoms with Crippen LogP contribution in [-0.4, -0.2) is 83.3 Å². The van der Waals surface area contributed by atoms with E-state index in [0.29, 0.717) is 18.5 Å². The maximum Gasteiger partial charge on any atom is 0.313 e. The van der Waals surface area contributed by atoms with Crippen LogP contribution in [0.5, 0.6) is 0 Å². The predicted molar refractivity (Wildman–Crippen MR) is 159 cm³/mol. The third-order valence-electron chi connectivity index (χ3n) is 9.09. The monoisotopic (exact) mass is 587 g/mol. The van der Waals surface area contributed by atoms with Gasteiger partial charge in [-0.25, -0.2) is 0 Å². The lowest BCUT2D eigenvalue weighted by molar-refractivity contribution is -0.159. The van der Waals surface area contributed by atoms with Gasteiger partial charge in [0.15, 0.2) is 0 Å². The summed E-state index contributed by atoms with van der Waals surface area (Å²) in [5.74, 6) is -3.60. The summed E-state index contributed by atoms with van der Waals surface area (Å²) in [6, 6.07) is 11.9. The summed E-state index contributed by atoms with van der Waals surface area (Å²) in [5.41, 5.74) is -0.786. The summed E-state index contributed by atoms with van der Waals surface area (Å²) in [6.07, 6.45) is 6.69. The summed E-state index contributed by atoms with van der Waals surface area (Å²) >= 11 is 0. The van der Waals surface area contributed by atoms with Crippen molar-refractivity contribution < 1.29 is 33.8 Å². The lowest BCUT2D eigenvalue weighted by atomic mass is 9.78. The van der Waals surface area contributed by atoms with E-state index in [0.717, 1.165) is 10.8 Å². The number of cyclic esters (lactones) is 1. The number of carbonyl (C=O) groups excluding carboxylic acids is 4. The molecule has 10 heteroatoms. The van der Waals surface area contributed by atoms with Gasteiger partial charge in [-0.05, 0) is 42.7 Å². The van der Waals surface area contributed by atoms with Crippen molar-refractivity contribution in [3.05, 3.63) is 66.8 Å². The van der Waals surface area contributed by atoms with Crippen LogP contribution in [0.25, 0.3) is 10.8 Å². The minimum atomic E-state index is -1.46. The molecule has 4 aliphatic heterocycles. The fourth-order valence-electron chi connectivity index (χ4n) is 6.99. The molecule has 43 heavy (non-hydrogen) atoms. The summed E-state index contributed by atoms with van der Waals surface area (Å²) < 4.78 is 12.4. The number of nitrogens with zero attached hydrogens (tertiary/aromatic N) is 2. The number of aliphatic hydroxyl groups is 1. The highest BCUT2D eigenvalue weighted by Gasteiger charge is 2.72. The molecule has 0 radical (unpaired) electrons. The van der Waals surface area contributed by atoms with Crippen LogP contribution in [0.1, 0.15) is 33.1 Å². The number of benzene rings is 2. The van der Waals surface area contributed by atoms with Crippen molar-refractivity contribution in [2.24, 2.45) is 11.8 Å². The third kappa shape index (κ3) is 4.92. The van der Waals surface area contributed by atoms with Crippen LogP contribution >= 0.6 is 0 Å². The van der Waals surface area contributed by atoms with Crippen molar-refractivity contribution in [3.63, 3.8) is 0 Å². The highest BCUT2D eigenvalue weighted by Crippen LogP contribution is 2.54. The molecule has 1 spiro atoms. The predicted octanol–water partition coefficient (Wildman–Crippen LogP) is 2.49. The Morgan fingerprint density at radius 3 is 2.63 bits per heavy atom. The molecule has 0 saturated carbocycles. The van der Waals surface area contributed by atoms with Gasteiger partial charge in [0.25, 0.3) is 5.91 Å². The lowest BCUT2D eigenvalue weighted by Crippen LogP contribution is -2.58. The molecule has 2 fully saturated rings. The summed E-state index contributed by atoms with van der Waals surface area (Å²) in [5, 5.41) is 15.1. The number of rotatable bonds is 4. The van der Waals surface area contributed by atoms with E-state index in [1.165, 1.54) is 4.90 Å². The Labute approximate surface area is 250 Å². The zero-order chi connectivity index (χ0) is 30.3. The molecule has 4 heterocycles. The van der Waals surface area contributed by atoms with Crippen LogP contribution in [-0.2, 0) is 28.7 Å². The molecule has 4 aliphatic rings. The van der Waals surface area contributed by atoms with Gasteiger partial charge in [0.2, 0.25) is 11.8 Å². The van der Waals surface area contributed by atoms with Crippen LogP contribution in [0.2, 0.25) is 0 Å². The molecule has 2 N–H and O–H groups in total. The van der Waals surface area contributed by atoms with Gasteiger partial charge in [-0.15, -0.1) is 0 Å². The van der Waals surface area contributed by atoms with Gasteiger partial charge in [-0.2, -0.15) is 0 Å². The van der Waals surface area contributed by atoms with E-state index in [1.807, 2.05) is 55.5 Å². The Hall–Kier alpha value is -4.02. The second kappa shape index (κ2) is 11.6. The van der Waals surface area contributed by atoms with Gasteiger partial charge in [-0.1, -0.05) is 61.6 Å². The van der Waals surface area contributed by atoms with Gasteiger partial charge >= 0.3 is 5.97 Å². The van der Waals surface area contributed by atoms with E-state index in [9.17, 15) is 24.3 Å². The largest absolute Gasteiger partial charge is 0.460 e. The second-order valence-corrected chi connectivity index (χ2v) is 11.7. The third-order valence-corrected chi connectivity index (χ3v) is 9.09. The smallest absolute Gasteiger partial charge is 0.313 e. The highest BCUT2D eigenvalue weighted by atomic mass is 16.6. The number of fused-ring (bicyclic) bond motifs is 3. The van der Waals surface area contributed by atoms with Crippen LogP contribution in [0, 0.1) is 11.8 Å². The fraction of sp³-hybridized carbons (Fsp3) is 0.455.